The van der Waals surface area contributed by atoms with E-state index in [0.717, 1.165) is 87.2 Å². The summed E-state index contributed by atoms with van der Waals surface area (Å²) in [6.45, 7) is 4.50. The molecule has 6 heteroatoms. The van der Waals surface area contributed by atoms with E-state index in [1.165, 1.54) is 6.07 Å². The molecule has 0 radical (unpaired) electrons. The minimum absolute atomic E-state index is 0.118. The Bertz CT molecular complexity index is 1010. The Labute approximate surface area is 202 Å². The van der Waals surface area contributed by atoms with Crippen LogP contribution in [0.3, 0.4) is 0 Å². The third kappa shape index (κ3) is 4.71. The zero-order valence-corrected chi connectivity index (χ0v) is 20.2. The molecule has 0 bridgehead atoms. The number of hydrogen-bond acceptors (Lipinski definition) is 4. The van der Waals surface area contributed by atoms with Crippen LogP contribution in [0.2, 0.25) is 0 Å². The molecule has 2 saturated heterocycles. The Morgan fingerprint density at radius 3 is 2.38 bits per heavy atom. The van der Waals surface area contributed by atoms with Crippen LogP contribution in [0.4, 0.5) is 15.8 Å². The van der Waals surface area contributed by atoms with Gasteiger partial charge in [-0.05, 0) is 80.6 Å². The molecule has 3 aliphatic rings. The van der Waals surface area contributed by atoms with Crippen molar-refractivity contribution in [3.8, 4) is 0 Å². The summed E-state index contributed by atoms with van der Waals surface area (Å²) in [7, 11) is 2.12. The minimum atomic E-state index is -0.718. The van der Waals surface area contributed by atoms with Gasteiger partial charge in [0.2, 0.25) is 5.91 Å². The van der Waals surface area contributed by atoms with Crippen LogP contribution >= 0.6 is 0 Å². The number of piperazine rings is 1. The fourth-order valence-corrected chi connectivity index (χ4v) is 5.93. The van der Waals surface area contributed by atoms with Gasteiger partial charge in [0.25, 0.3) is 0 Å². The maximum absolute atomic E-state index is 14.2. The summed E-state index contributed by atoms with van der Waals surface area (Å²) in [6.07, 6.45) is 6.04. The number of anilines is 2. The molecule has 1 atom stereocenters. The molecule has 2 aromatic carbocycles. The molecule has 1 aliphatic carbocycles. The highest BCUT2D eigenvalue weighted by Crippen LogP contribution is 2.39. The summed E-state index contributed by atoms with van der Waals surface area (Å²) in [6, 6.07) is 13.0. The van der Waals surface area contributed by atoms with Crippen molar-refractivity contribution >= 4 is 17.3 Å². The fraction of sp³-hybridized carbons (Fsp3) is 0.536. The second kappa shape index (κ2) is 9.67. The smallest absolute Gasteiger partial charge is 0.230 e. The summed E-state index contributed by atoms with van der Waals surface area (Å²) in [5.41, 5.74) is 3.12. The quantitative estimate of drug-likeness (QED) is 0.714. The minimum Gasteiger partial charge on any atom is -0.385 e. The van der Waals surface area contributed by atoms with Gasteiger partial charge in [-0.3, -0.25) is 4.79 Å². The van der Waals surface area contributed by atoms with Gasteiger partial charge in [0.05, 0.1) is 5.60 Å². The van der Waals surface area contributed by atoms with Gasteiger partial charge < -0.3 is 19.8 Å². The van der Waals surface area contributed by atoms with Crippen LogP contribution < -0.4 is 9.80 Å². The number of halogens is 1. The van der Waals surface area contributed by atoms with Gasteiger partial charge in [0.15, 0.2) is 0 Å². The average molecular weight is 466 g/mol. The van der Waals surface area contributed by atoms with E-state index in [9.17, 15) is 14.3 Å². The van der Waals surface area contributed by atoms with Gasteiger partial charge in [-0.1, -0.05) is 25.0 Å². The number of benzene rings is 2. The van der Waals surface area contributed by atoms with Crippen molar-refractivity contribution in [1.29, 1.82) is 0 Å². The highest BCUT2D eigenvalue weighted by atomic mass is 19.1. The second-order valence-corrected chi connectivity index (χ2v) is 10.4. The Hall–Kier alpha value is -2.44. The number of carbonyl (C=O) groups excluding carboxylic acids is 1. The van der Waals surface area contributed by atoms with E-state index in [2.05, 4.69) is 16.8 Å². The third-order valence-electron chi connectivity index (χ3n) is 8.05. The Balaban J connectivity index is 1.32. The number of carbonyl (C=O) groups is 1. The normalized spacial score (nSPS) is 23.5. The number of likely N-dealkylation sites (N-methyl/N-ethyl adjacent to an activating group) is 1. The molecule has 1 saturated carbocycles. The van der Waals surface area contributed by atoms with Crippen LogP contribution in [0.15, 0.2) is 42.5 Å². The van der Waals surface area contributed by atoms with Crippen LogP contribution in [0, 0.1) is 11.7 Å². The van der Waals surface area contributed by atoms with E-state index >= 15 is 0 Å². The van der Waals surface area contributed by atoms with Crippen molar-refractivity contribution in [2.75, 3.05) is 49.6 Å². The molecule has 3 fully saturated rings. The summed E-state index contributed by atoms with van der Waals surface area (Å²) in [5, 5.41) is 10.9. The zero-order chi connectivity index (χ0) is 23.7. The molecule has 182 valence electrons. The molecule has 5 rings (SSSR count). The van der Waals surface area contributed by atoms with E-state index in [0.29, 0.717) is 13.0 Å². The predicted octanol–water partition coefficient (Wildman–Crippen LogP) is 4.32. The first kappa shape index (κ1) is 23.3. The third-order valence-corrected chi connectivity index (χ3v) is 8.05. The molecule has 1 amide bonds. The second-order valence-electron chi connectivity index (χ2n) is 10.4. The van der Waals surface area contributed by atoms with E-state index in [1.54, 1.807) is 6.07 Å². The molecular weight excluding hydrogens is 429 g/mol. The molecule has 2 aromatic rings. The maximum Gasteiger partial charge on any atom is 0.230 e. The van der Waals surface area contributed by atoms with E-state index in [-0.39, 0.29) is 17.6 Å². The first-order chi connectivity index (χ1) is 16.4. The SMILES string of the molecule is CN1CCN(c2ccc(F)cc2CC2CCCN(c3ccc(C4(O)CCCC4)cc3)C2=O)CC1. The van der Waals surface area contributed by atoms with Gasteiger partial charge in [-0.2, -0.15) is 0 Å². The van der Waals surface area contributed by atoms with E-state index in [4.69, 9.17) is 0 Å². The van der Waals surface area contributed by atoms with Crippen molar-refractivity contribution in [3.63, 3.8) is 0 Å². The monoisotopic (exact) mass is 465 g/mol. The number of rotatable bonds is 5. The Kier molecular flexibility index (Phi) is 6.63. The molecule has 1 N–H and O–H groups in total. The summed E-state index contributed by atoms with van der Waals surface area (Å²) in [5.74, 6) is -0.277. The zero-order valence-electron chi connectivity index (χ0n) is 20.2. The van der Waals surface area contributed by atoms with Gasteiger partial charge in [-0.25, -0.2) is 4.39 Å². The largest absolute Gasteiger partial charge is 0.385 e. The first-order valence-corrected chi connectivity index (χ1v) is 12.8. The highest BCUT2D eigenvalue weighted by Gasteiger charge is 2.34. The van der Waals surface area contributed by atoms with Crippen LogP contribution in [-0.2, 0) is 16.8 Å². The van der Waals surface area contributed by atoms with E-state index in [1.807, 2.05) is 35.2 Å². The topological polar surface area (TPSA) is 47.0 Å². The Morgan fingerprint density at radius 1 is 0.971 bits per heavy atom. The number of aliphatic hydroxyl groups is 1. The lowest BCUT2D eigenvalue weighted by atomic mass is 9.88. The molecule has 5 nitrogen and oxygen atoms in total. The fourth-order valence-electron chi connectivity index (χ4n) is 5.93. The lowest BCUT2D eigenvalue weighted by Crippen LogP contribution is -2.45. The molecule has 34 heavy (non-hydrogen) atoms. The van der Waals surface area contributed by atoms with Crippen molar-refractivity contribution in [3.05, 3.63) is 59.4 Å². The first-order valence-electron chi connectivity index (χ1n) is 12.8. The maximum atomic E-state index is 14.2. The number of hydrogen-bond donors (Lipinski definition) is 1. The number of amides is 1. The Morgan fingerprint density at radius 2 is 1.68 bits per heavy atom. The number of piperidine rings is 1. The summed E-state index contributed by atoms with van der Waals surface area (Å²) < 4.78 is 14.2. The van der Waals surface area contributed by atoms with Gasteiger partial charge in [0.1, 0.15) is 5.82 Å². The molecule has 2 aliphatic heterocycles. The van der Waals surface area contributed by atoms with Crippen LogP contribution in [-0.4, -0.2) is 55.7 Å². The number of nitrogens with zero attached hydrogens (tertiary/aromatic N) is 3. The molecular formula is C28H36FN3O2. The molecule has 0 spiro atoms. The highest BCUT2D eigenvalue weighted by molar-refractivity contribution is 5.96. The predicted molar refractivity (Wildman–Crippen MR) is 134 cm³/mol. The van der Waals surface area contributed by atoms with Crippen molar-refractivity contribution in [1.82, 2.24) is 4.90 Å². The average Bonchev–Trinajstić information content (AvgIpc) is 3.29. The van der Waals surface area contributed by atoms with Crippen LogP contribution in [0.25, 0.3) is 0 Å². The van der Waals surface area contributed by atoms with Crippen molar-refractivity contribution in [2.45, 2.75) is 50.5 Å². The van der Waals surface area contributed by atoms with Crippen LogP contribution in [0.5, 0.6) is 0 Å². The van der Waals surface area contributed by atoms with Crippen molar-refractivity contribution < 1.29 is 14.3 Å². The lowest BCUT2D eigenvalue weighted by molar-refractivity contribution is -0.123. The van der Waals surface area contributed by atoms with Gasteiger partial charge >= 0.3 is 0 Å². The summed E-state index contributed by atoms with van der Waals surface area (Å²) in [4.78, 5) is 20.0. The van der Waals surface area contributed by atoms with Gasteiger partial charge in [-0.15, -0.1) is 0 Å². The molecule has 2 heterocycles. The molecule has 0 aromatic heterocycles. The standard InChI is InChI=1S/C28H36FN3O2/c1-30-15-17-31(18-16-30)26-11-8-24(29)20-22(26)19-21-5-4-14-32(27(21)33)25-9-6-23(7-10-25)28(34)12-2-3-13-28/h6-11,20-21,34H,2-5,12-19H2,1H3. The molecule has 1 unspecified atom stereocenters. The summed E-state index contributed by atoms with van der Waals surface area (Å²) >= 11 is 0. The van der Waals surface area contributed by atoms with Crippen LogP contribution in [0.1, 0.15) is 49.7 Å². The van der Waals surface area contributed by atoms with Crippen molar-refractivity contribution in [2.24, 2.45) is 5.92 Å². The lowest BCUT2D eigenvalue weighted by Gasteiger charge is -2.36. The van der Waals surface area contributed by atoms with Gasteiger partial charge in [0, 0.05) is 50.0 Å². The van der Waals surface area contributed by atoms with E-state index < -0.39 is 5.60 Å².